The third kappa shape index (κ3) is 3.63. The van der Waals surface area contributed by atoms with Crippen molar-refractivity contribution in [3.8, 4) is 17.1 Å². The third-order valence-corrected chi connectivity index (χ3v) is 4.90. The monoisotopic (exact) mass is 406 g/mol. The Morgan fingerprint density at radius 1 is 1.17 bits per heavy atom. The minimum absolute atomic E-state index is 0.0210. The van der Waals surface area contributed by atoms with Crippen LogP contribution in [0.2, 0.25) is 0 Å². The van der Waals surface area contributed by atoms with Gasteiger partial charge in [-0.25, -0.2) is 0 Å². The number of nitrogens with zero attached hydrogens (tertiary/aromatic N) is 3. The highest BCUT2D eigenvalue weighted by Gasteiger charge is 2.28. The summed E-state index contributed by atoms with van der Waals surface area (Å²) in [4.78, 5) is 21.7. The van der Waals surface area contributed by atoms with Crippen LogP contribution < -0.4 is 10.1 Å². The minimum Gasteiger partial charge on any atom is -0.497 e. The Morgan fingerprint density at radius 3 is 2.63 bits per heavy atom. The van der Waals surface area contributed by atoms with Crippen LogP contribution >= 0.6 is 0 Å². The highest BCUT2D eigenvalue weighted by molar-refractivity contribution is 6.07. The molecule has 30 heavy (non-hydrogen) atoms. The highest BCUT2D eigenvalue weighted by atomic mass is 16.5. The van der Waals surface area contributed by atoms with E-state index >= 15 is 0 Å². The number of carbonyl (C=O) groups is 1. The maximum Gasteiger partial charge on any atom is 0.256 e. The number of aromatic nitrogens is 3. The number of pyridine rings is 1. The first-order valence-corrected chi connectivity index (χ1v) is 9.60. The topological polar surface area (TPSA) is 103 Å². The summed E-state index contributed by atoms with van der Waals surface area (Å²) in [6.45, 7) is 5.72. The number of carbonyl (C=O) groups excluding carboxylic acids is 1. The maximum atomic E-state index is 13.2. The van der Waals surface area contributed by atoms with Crippen molar-refractivity contribution in [2.45, 2.75) is 26.8 Å². The van der Waals surface area contributed by atoms with Crippen molar-refractivity contribution >= 4 is 16.9 Å². The second kappa shape index (κ2) is 7.98. The number of aryl methyl sites for hydroxylation is 1. The largest absolute Gasteiger partial charge is 0.497 e. The smallest absolute Gasteiger partial charge is 0.256 e. The van der Waals surface area contributed by atoms with Gasteiger partial charge >= 0.3 is 0 Å². The average Bonchev–Trinajstić information content (AvgIpc) is 3.35. The molecule has 0 aliphatic carbocycles. The van der Waals surface area contributed by atoms with Gasteiger partial charge in [-0.05, 0) is 43.2 Å². The van der Waals surface area contributed by atoms with Crippen molar-refractivity contribution in [1.82, 2.24) is 20.4 Å². The SMILES string of the molecule is COc1ccc2oc(C)c(C(=O)NC(c3nc(-c4ccncc4)no3)C(C)C)c2c1. The van der Waals surface area contributed by atoms with E-state index < -0.39 is 6.04 Å². The molecular weight excluding hydrogens is 384 g/mol. The van der Waals surface area contributed by atoms with Gasteiger partial charge in [0, 0.05) is 23.3 Å². The lowest BCUT2D eigenvalue weighted by Gasteiger charge is -2.18. The number of benzene rings is 1. The molecule has 3 heterocycles. The maximum absolute atomic E-state index is 13.2. The number of methoxy groups -OCH3 is 1. The second-order valence-corrected chi connectivity index (χ2v) is 7.28. The van der Waals surface area contributed by atoms with E-state index in [1.807, 2.05) is 13.8 Å². The van der Waals surface area contributed by atoms with Gasteiger partial charge < -0.3 is 19.0 Å². The van der Waals surface area contributed by atoms with Crippen LogP contribution in [0.4, 0.5) is 0 Å². The third-order valence-electron chi connectivity index (χ3n) is 4.90. The summed E-state index contributed by atoms with van der Waals surface area (Å²) in [6.07, 6.45) is 3.32. The van der Waals surface area contributed by atoms with Gasteiger partial charge in [-0.2, -0.15) is 4.98 Å². The Balaban J connectivity index is 1.65. The van der Waals surface area contributed by atoms with Crippen LogP contribution in [-0.4, -0.2) is 28.1 Å². The van der Waals surface area contributed by atoms with Crippen LogP contribution in [0.1, 0.15) is 41.9 Å². The molecule has 1 N–H and O–H groups in total. The van der Waals surface area contributed by atoms with Gasteiger partial charge in [0.1, 0.15) is 23.1 Å². The lowest BCUT2D eigenvalue weighted by molar-refractivity contribution is 0.0914. The summed E-state index contributed by atoms with van der Waals surface area (Å²) in [7, 11) is 1.58. The van der Waals surface area contributed by atoms with Crippen LogP contribution in [-0.2, 0) is 0 Å². The standard InChI is InChI=1S/C22H22N4O4/c1-12(2)19(22-25-20(26-30-22)14-7-9-23-10-8-14)24-21(27)18-13(3)29-17-6-5-15(28-4)11-16(17)18/h5-12,19H,1-4H3,(H,24,27). The predicted molar refractivity (Wildman–Crippen MR) is 110 cm³/mol. The molecule has 0 radical (unpaired) electrons. The first kappa shape index (κ1) is 19.6. The number of hydrogen-bond acceptors (Lipinski definition) is 7. The van der Waals surface area contributed by atoms with Gasteiger partial charge in [0.05, 0.1) is 12.7 Å². The molecule has 1 unspecified atom stereocenters. The van der Waals surface area contributed by atoms with E-state index in [1.165, 1.54) is 0 Å². The molecule has 8 heteroatoms. The molecule has 0 fully saturated rings. The molecule has 3 aromatic heterocycles. The zero-order valence-electron chi connectivity index (χ0n) is 17.2. The Bertz CT molecular complexity index is 1180. The minimum atomic E-state index is -0.462. The summed E-state index contributed by atoms with van der Waals surface area (Å²) in [6, 6.07) is 8.51. The van der Waals surface area contributed by atoms with Crippen LogP contribution in [0.25, 0.3) is 22.4 Å². The summed E-state index contributed by atoms with van der Waals surface area (Å²) in [5, 5.41) is 7.76. The fraction of sp³-hybridized carbons (Fsp3) is 0.273. The van der Waals surface area contributed by atoms with Crippen molar-refractivity contribution < 1.29 is 18.5 Å². The second-order valence-electron chi connectivity index (χ2n) is 7.28. The summed E-state index contributed by atoms with van der Waals surface area (Å²) in [5.74, 6) is 1.71. The number of amides is 1. The van der Waals surface area contributed by atoms with Crippen LogP contribution in [0.15, 0.2) is 51.7 Å². The lowest BCUT2D eigenvalue weighted by atomic mass is 10.0. The number of fused-ring (bicyclic) bond motifs is 1. The zero-order valence-corrected chi connectivity index (χ0v) is 17.2. The van der Waals surface area contributed by atoms with Gasteiger partial charge in [-0.1, -0.05) is 19.0 Å². The van der Waals surface area contributed by atoms with Crippen LogP contribution in [0, 0.1) is 12.8 Å². The van der Waals surface area contributed by atoms with Crippen LogP contribution in [0.5, 0.6) is 5.75 Å². The van der Waals surface area contributed by atoms with Gasteiger partial charge in [0.15, 0.2) is 0 Å². The molecular formula is C22H22N4O4. The first-order chi connectivity index (χ1) is 14.5. The first-order valence-electron chi connectivity index (χ1n) is 9.60. The van der Waals surface area contributed by atoms with Crippen molar-refractivity contribution in [2.75, 3.05) is 7.11 Å². The average molecular weight is 406 g/mol. The van der Waals surface area contributed by atoms with Crippen molar-refractivity contribution in [2.24, 2.45) is 5.92 Å². The lowest BCUT2D eigenvalue weighted by Crippen LogP contribution is -2.32. The predicted octanol–water partition coefficient (Wildman–Crippen LogP) is 4.32. The fourth-order valence-electron chi connectivity index (χ4n) is 3.31. The number of furan rings is 1. The number of rotatable bonds is 6. The molecule has 0 aliphatic rings. The van der Waals surface area contributed by atoms with E-state index in [0.717, 1.165) is 5.56 Å². The number of ether oxygens (including phenoxy) is 1. The molecule has 8 nitrogen and oxygen atoms in total. The highest BCUT2D eigenvalue weighted by Crippen LogP contribution is 2.30. The molecule has 1 atom stereocenters. The van der Waals surface area contributed by atoms with Crippen molar-refractivity contribution in [1.29, 1.82) is 0 Å². The molecule has 4 aromatic rings. The zero-order chi connectivity index (χ0) is 21.3. The van der Waals surface area contributed by atoms with Crippen LogP contribution in [0.3, 0.4) is 0 Å². The Morgan fingerprint density at radius 2 is 1.93 bits per heavy atom. The quantitative estimate of drug-likeness (QED) is 0.508. The Hall–Kier alpha value is -3.68. The van der Waals surface area contributed by atoms with Gasteiger partial charge in [-0.15, -0.1) is 0 Å². The molecule has 0 aliphatic heterocycles. The van der Waals surface area contributed by atoms with Gasteiger partial charge in [0.2, 0.25) is 11.7 Å². The van der Waals surface area contributed by atoms with Crippen molar-refractivity contribution in [3.05, 3.63) is 59.9 Å². The van der Waals surface area contributed by atoms with E-state index in [1.54, 1.807) is 56.8 Å². The number of hydrogen-bond donors (Lipinski definition) is 1. The van der Waals surface area contributed by atoms with Crippen molar-refractivity contribution in [3.63, 3.8) is 0 Å². The summed E-state index contributed by atoms with van der Waals surface area (Å²) >= 11 is 0. The van der Waals surface area contributed by atoms with Gasteiger partial charge in [-0.3, -0.25) is 9.78 Å². The Labute approximate surface area is 173 Å². The fourth-order valence-corrected chi connectivity index (χ4v) is 3.31. The van der Waals surface area contributed by atoms with E-state index in [-0.39, 0.29) is 11.8 Å². The van der Waals surface area contributed by atoms with Gasteiger partial charge in [0.25, 0.3) is 5.91 Å². The molecule has 1 amide bonds. The van der Waals surface area contributed by atoms with E-state index in [9.17, 15) is 4.79 Å². The summed E-state index contributed by atoms with van der Waals surface area (Å²) in [5.41, 5.74) is 1.87. The number of nitrogens with one attached hydrogen (secondary N) is 1. The molecule has 0 bridgehead atoms. The normalized spacial score (nSPS) is 12.3. The molecule has 0 saturated carbocycles. The molecule has 154 valence electrons. The van der Waals surface area contributed by atoms with E-state index in [4.69, 9.17) is 13.7 Å². The molecule has 1 aromatic carbocycles. The molecule has 0 spiro atoms. The Kier molecular flexibility index (Phi) is 5.22. The van der Waals surface area contributed by atoms with E-state index in [0.29, 0.717) is 39.8 Å². The molecule has 4 rings (SSSR count). The van der Waals surface area contributed by atoms with E-state index in [2.05, 4.69) is 20.4 Å². The molecule has 0 saturated heterocycles. The summed E-state index contributed by atoms with van der Waals surface area (Å²) < 4.78 is 16.5.